The highest BCUT2D eigenvalue weighted by atomic mass is 35.5. The fourth-order valence-electron chi connectivity index (χ4n) is 5.50. The van der Waals surface area contributed by atoms with E-state index >= 15 is 0 Å². The highest BCUT2D eigenvalue weighted by Gasteiger charge is 2.27. The Morgan fingerprint density at radius 3 is 1.33 bits per heavy atom. The number of halogens is 8. The monoisotopic (exact) mass is 1020 g/mol. The third-order valence-electron chi connectivity index (χ3n) is 8.22. The zero-order valence-corrected chi connectivity index (χ0v) is 38.7. The molecule has 0 fully saturated rings. The summed E-state index contributed by atoms with van der Waals surface area (Å²) in [6, 6.07) is 11.3. The molecule has 2 aromatic carbocycles. The first-order valence-corrected chi connectivity index (χ1v) is 21.3. The highest BCUT2D eigenvalue weighted by Crippen LogP contribution is 2.41. The molecule has 2 atom stereocenters. The lowest BCUT2D eigenvalue weighted by atomic mass is 10.1. The summed E-state index contributed by atoms with van der Waals surface area (Å²) < 4.78 is 30.1. The average molecular weight is 1030 g/mol. The topological polar surface area (TPSA) is 182 Å². The van der Waals surface area contributed by atoms with Crippen LogP contribution in [0.25, 0.3) is 0 Å². The maximum Gasteiger partial charge on any atom is 0.311 e. The summed E-state index contributed by atoms with van der Waals surface area (Å²) in [7, 11) is 0. The molecule has 63 heavy (non-hydrogen) atoms. The van der Waals surface area contributed by atoms with Gasteiger partial charge in [0, 0.05) is 61.3 Å². The predicted octanol–water partition coefficient (Wildman–Crippen LogP) is 13.2. The molecule has 4 aromatic rings. The molecular formula is C40H36Cl8N6O9. The standard InChI is InChI=1S/C40H36Cl8N6O9/c1-3-13-49-39-29(53(55)56)5-7-35(51-39)62-31(37-25(41)19-23(20-26(37)42)60-17-11-33(45)46)9-15-59-16-10-32(38-27(43)21-24(22-28(38)44)61-18-12-34(47)48)63-36-8-6-30(54(57)58)40(52-36)50-14-4-2/h3-8,11-12,19-22,31-32H,1-2,9-10,13-18H2,(H,49,51)(H,50,52). The van der Waals surface area contributed by atoms with Crippen molar-refractivity contribution < 1.29 is 33.5 Å². The van der Waals surface area contributed by atoms with E-state index < -0.39 is 22.1 Å². The first-order valence-electron chi connectivity index (χ1n) is 18.3. The predicted molar refractivity (Wildman–Crippen MR) is 249 cm³/mol. The van der Waals surface area contributed by atoms with Crippen LogP contribution in [-0.2, 0) is 4.74 Å². The molecule has 23 heteroatoms. The molecule has 0 spiro atoms. The molecule has 0 bridgehead atoms. The molecule has 0 saturated carbocycles. The Morgan fingerprint density at radius 1 is 0.651 bits per heavy atom. The lowest BCUT2D eigenvalue weighted by Crippen LogP contribution is -2.16. The van der Waals surface area contributed by atoms with Crippen LogP contribution in [0, 0.1) is 20.2 Å². The third-order valence-corrected chi connectivity index (χ3v) is 10.1. The number of hydrogen-bond acceptors (Lipinski definition) is 13. The first-order chi connectivity index (χ1) is 30.1. The van der Waals surface area contributed by atoms with Gasteiger partial charge in [-0.15, -0.1) is 13.2 Å². The Morgan fingerprint density at radius 2 is 1.02 bits per heavy atom. The van der Waals surface area contributed by atoms with Crippen LogP contribution in [0.15, 0.2) is 95.0 Å². The van der Waals surface area contributed by atoms with Gasteiger partial charge in [-0.3, -0.25) is 20.2 Å². The molecule has 336 valence electrons. The second-order valence-electron chi connectivity index (χ2n) is 12.5. The Bertz CT molecular complexity index is 2130. The maximum atomic E-state index is 11.7. The van der Waals surface area contributed by atoms with Gasteiger partial charge in [0.25, 0.3) is 0 Å². The maximum absolute atomic E-state index is 11.7. The summed E-state index contributed by atoms with van der Waals surface area (Å²) in [4.78, 5) is 30.9. The van der Waals surface area contributed by atoms with E-state index in [-0.39, 0.29) is 116 Å². The van der Waals surface area contributed by atoms with E-state index in [2.05, 4.69) is 33.8 Å². The number of nitrogens with one attached hydrogen (secondary N) is 2. The van der Waals surface area contributed by atoms with Gasteiger partial charge < -0.3 is 34.3 Å². The zero-order chi connectivity index (χ0) is 46.1. The molecule has 0 aliphatic heterocycles. The molecule has 2 heterocycles. The number of ether oxygens (including phenoxy) is 5. The summed E-state index contributed by atoms with van der Waals surface area (Å²) >= 11 is 49.9. The summed E-state index contributed by atoms with van der Waals surface area (Å²) in [5.74, 6) is 0.538. The fourth-order valence-corrected chi connectivity index (χ4v) is 7.17. The van der Waals surface area contributed by atoms with Gasteiger partial charge in [0.15, 0.2) is 0 Å². The zero-order valence-electron chi connectivity index (χ0n) is 32.6. The van der Waals surface area contributed by atoms with E-state index in [1.807, 2.05) is 0 Å². The van der Waals surface area contributed by atoms with Gasteiger partial charge in [-0.2, -0.15) is 9.97 Å². The normalized spacial score (nSPS) is 11.7. The average Bonchev–Trinajstić information content (AvgIpc) is 3.21. The van der Waals surface area contributed by atoms with Crippen molar-refractivity contribution in [2.24, 2.45) is 0 Å². The summed E-state index contributed by atoms with van der Waals surface area (Å²) in [5, 5.41) is 29.8. The lowest BCUT2D eigenvalue weighted by molar-refractivity contribution is -0.384. The molecule has 2 aromatic heterocycles. The van der Waals surface area contributed by atoms with Crippen LogP contribution >= 0.6 is 92.8 Å². The van der Waals surface area contributed by atoms with Crippen molar-refractivity contribution in [3.8, 4) is 23.3 Å². The summed E-state index contributed by atoms with van der Waals surface area (Å²) in [5.41, 5.74) is 0.121. The molecule has 0 amide bonds. The van der Waals surface area contributed by atoms with Crippen LogP contribution in [0.3, 0.4) is 0 Å². The third kappa shape index (κ3) is 16.0. The molecule has 15 nitrogen and oxygen atoms in total. The second kappa shape index (κ2) is 25.8. The van der Waals surface area contributed by atoms with Gasteiger partial charge in [-0.25, -0.2) is 0 Å². The summed E-state index contributed by atoms with van der Waals surface area (Å²) in [6.45, 7) is 7.77. The van der Waals surface area contributed by atoms with Crippen molar-refractivity contribution in [2.45, 2.75) is 25.0 Å². The van der Waals surface area contributed by atoms with Gasteiger partial charge in [0.05, 0.1) is 43.2 Å². The fraction of sp³-hybridized carbons (Fsp3) is 0.250. The van der Waals surface area contributed by atoms with Crippen LogP contribution in [0.4, 0.5) is 23.0 Å². The van der Waals surface area contributed by atoms with E-state index in [0.717, 1.165) is 0 Å². The summed E-state index contributed by atoms with van der Waals surface area (Å²) in [6.07, 6.45) is 4.30. The Kier molecular flexibility index (Phi) is 20.9. The molecule has 0 aliphatic carbocycles. The minimum absolute atomic E-state index is 0.0102. The highest BCUT2D eigenvalue weighted by molar-refractivity contribution is 6.56. The number of rotatable bonds is 26. The van der Waals surface area contributed by atoms with Crippen LogP contribution < -0.4 is 29.6 Å². The van der Waals surface area contributed by atoms with Crippen molar-refractivity contribution in [3.63, 3.8) is 0 Å². The number of nitro groups is 2. The van der Waals surface area contributed by atoms with Gasteiger partial charge >= 0.3 is 11.4 Å². The van der Waals surface area contributed by atoms with E-state index in [4.69, 9.17) is 116 Å². The van der Waals surface area contributed by atoms with Gasteiger partial charge in [0.2, 0.25) is 23.4 Å². The minimum Gasteiger partial charge on any atom is -0.489 e. The number of pyridine rings is 2. The van der Waals surface area contributed by atoms with Crippen molar-refractivity contribution in [1.82, 2.24) is 9.97 Å². The van der Waals surface area contributed by atoms with Crippen molar-refractivity contribution >= 4 is 116 Å². The van der Waals surface area contributed by atoms with E-state index in [0.29, 0.717) is 22.6 Å². The van der Waals surface area contributed by atoms with E-state index in [1.54, 1.807) is 0 Å². The van der Waals surface area contributed by atoms with E-state index in [9.17, 15) is 20.2 Å². The van der Waals surface area contributed by atoms with Crippen molar-refractivity contribution in [3.05, 3.63) is 146 Å². The minimum atomic E-state index is -0.921. The van der Waals surface area contributed by atoms with Crippen LogP contribution in [-0.4, -0.2) is 59.3 Å². The number of anilines is 2. The molecule has 0 saturated heterocycles. The van der Waals surface area contributed by atoms with Crippen LogP contribution in [0.1, 0.15) is 36.2 Å². The van der Waals surface area contributed by atoms with Gasteiger partial charge in [-0.05, 0) is 36.4 Å². The van der Waals surface area contributed by atoms with Crippen LogP contribution in [0.5, 0.6) is 23.3 Å². The van der Waals surface area contributed by atoms with Gasteiger partial charge in [-0.1, -0.05) is 105 Å². The largest absolute Gasteiger partial charge is 0.489 e. The number of benzene rings is 2. The number of nitrogens with zero attached hydrogens (tertiary/aromatic N) is 4. The molecule has 2 unspecified atom stereocenters. The smallest absolute Gasteiger partial charge is 0.311 e. The van der Waals surface area contributed by atoms with Crippen LogP contribution in [0.2, 0.25) is 20.1 Å². The molecule has 2 N–H and O–H groups in total. The Balaban J connectivity index is 1.62. The van der Waals surface area contributed by atoms with E-state index in [1.165, 1.54) is 72.8 Å². The quantitative estimate of drug-likeness (QED) is 0.0262. The molecular weight excluding hydrogens is 992 g/mol. The second-order valence-corrected chi connectivity index (χ2v) is 16.1. The van der Waals surface area contributed by atoms with Crippen molar-refractivity contribution in [1.29, 1.82) is 0 Å². The molecule has 0 aliphatic rings. The Labute approximate surface area is 401 Å². The Hall–Kier alpha value is -4.42. The molecule has 4 rings (SSSR count). The van der Waals surface area contributed by atoms with Crippen molar-refractivity contribution in [2.75, 3.05) is 50.2 Å². The number of aromatic nitrogens is 2. The van der Waals surface area contributed by atoms with Gasteiger partial charge in [0.1, 0.15) is 45.9 Å². The molecule has 0 radical (unpaired) electrons. The number of hydrogen-bond donors (Lipinski definition) is 2. The lowest BCUT2D eigenvalue weighted by Gasteiger charge is -2.23. The first kappa shape index (κ1) is 51.2. The SMILES string of the molecule is C=CCNc1nc(OC(CCOCCC(Oc2ccc([N+](=O)[O-])c(NCC=C)n2)c2c(Cl)cc(OCC=C(Cl)Cl)cc2Cl)c2c(Cl)cc(OCC=C(Cl)Cl)cc2Cl)ccc1[N+](=O)[O-].